The molecule has 0 atom stereocenters. The second-order valence-corrected chi connectivity index (χ2v) is 8.00. The summed E-state index contributed by atoms with van der Waals surface area (Å²) in [6.07, 6.45) is -1.28. The van der Waals surface area contributed by atoms with E-state index in [1.165, 1.54) is 35.2 Å². The van der Waals surface area contributed by atoms with E-state index >= 15 is 0 Å². The highest BCUT2D eigenvalue weighted by Gasteiger charge is 2.31. The number of halogens is 3. The Bertz CT molecular complexity index is 1210. The molecule has 0 fully saturated rings. The van der Waals surface area contributed by atoms with Gasteiger partial charge in [-0.3, -0.25) is 4.57 Å². The van der Waals surface area contributed by atoms with E-state index in [2.05, 4.69) is 15.0 Å². The van der Waals surface area contributed by atoms with Crippen LogP contribution < -0.4 is 0 Å². The molecule has 0 radical (unpaired) electrons. The van der Waals surface area contributed by atoms with Crippen LogP contribution in [0.4, 0.5) is 13.2 Å². The molecular weight excluding hydrogens is 425 g/mol. The van der Waals surface area contributed by atoms with E-state index in [0.29, 0.717) is 0 Å². The molecule has 8 nitrogen and oxygen atoms in total. The molecule has 1 aromatic carbocycles. The highest BCUT2D eigenvalue weighted by Crippen LogP contribution is 2.32. The van der Waals surface area contributed by atoms with E-state index in [1.54, 1.807) is 6.92 Å². The van der Waals surface area contributed by atoms with Gasteiger partial charge in [0.15, 0.2) is 5.69 Å². The number of alkyl halides is 3. The number of hydrogen-bond donors (Lipinski definition) is 0. The largest absolute Gasteiger partial charge is 0.461 e. The number of ether oxygens (including phenoxy) is 1. The molecule has 0 N–H and O–H groups in total. The van der Waals surface area contributed by atoms with Crippen molar-refractivity contribution in [1.82, 2.24) is 19.5 Å². The molecule has 30 heavy (non-hydrogen) atoms. The Morgan fingerprint density at radius 3 is 2.57 bits per heavy atom. The molecular formula is C18H15F3N4O4S. The third-order valence-corrected chi connectivity index (χ3v) is 4.70. The van der Waals surface area contributed by atoms with Crippen LogP contribution in [0.5, 0.6) is 0 Å². The van der Waals surface area contributed by atoms with Crippen molar-refractivity contribution in [3.63, 3.8) is 0 Å². The van der Waals surface area contributed by atoms with Crippen LogP contribution in [0, 0.1) is 0 Å². The molecule has 3 aromatic rings. The van der Waals surface area contributed by atoms with E-state index < -0.39 is 32.7 Å². The summed E-state index contributed by atoms with van der Waals surface area (Å²) >= 11 is 0. The lowest BCUT2D eigenvalue weighted by atomic mass is 10.1. The van der Waals surface area contributed by atoms with E-state index in [0.717, 1.165) is 18.4 Å². The Kier molecular flexibility index (Phi) is 5.61. The number of rotatable bonds is 5. The van der Waals surface area contributed by atoms with Gasteiger partial charge in [-0.25, -0.2) is 28.2 Å². The lowest BCUT2D eigenvalue weighted by Gasteiger charge is -2.10. The number of hydrogen-bond acceptors (Lipinski definition) is 7. The zero-order valence-electron chi connectivity index (χ0n) is 15.7. The SMILES string of the molecule is CCOC(=O)c1cn(-c2ccnc(S(C)(=O)=O)n2)c(-c2cccc(C(F)(F)F)c2)n1. The van der Waals surface area contributed by atoms with Crippen LogP contribution in [-0.2, 0) is 20.8 Å². The van der Waals surface area contributed by atoms with Gasteiger partial charge in [0, 0.05) is 24.2 Å². The summed E-state index contributed by atoms with van der Waals surface area (Å²) < 4.78 is 69.1. The van der Waals surface area contributed by atoms with Crippen LogP contribution in [0.25, 0.3) is 17.2 Å². The quantitative estimate of drug-likeness (QED) is 0.444. The fourth-order valence-corrected chi connectivity index (χ4v) is 3.05. The van der Waals surface area contributed by atoms with Gasteiger partial charge < -0.3 is 4.74 Å². The number of carbonyl (C=O) groups excluding carboxylic acids is 1. The predicted molar refractivity (Wildman–Crippen MR) is 98.7 cm³/mol. The molecule has 12 heteroatoms. The molecule has 0 amide bonds. The highest BCUT2D eigenvalue weighted by atomic mass is 32.2. The van der Waals surface area contributed by atoms with Gasteiger partial charge in [-0.2, -0.15) is 13.2 Å². The molecule has 0 unspecified atom stereocenters. The summed E-state index contributed by atoms with van der Waals surface area (Å²) in [5.74, 6) is -0.843. The van der Waals surface area contributed by atoms with Crippen LogP contribution in [0.15, 0.2) is 47.9 Å². The normalized spacial score (nSPS) is 12.0. The molecule has 2 heterocycles. The highest BCUT2D eigenvalue weighted by molar-refractivity contribution is 7.90. The lowest BCUT2D eigenvalue weighted by molar-refractivity contribution is -0.137. The number of nitrogens with zero attached hydrogens (tertiary/aromatic N) is 4. The average Bonchev–Trinajstić information content (AvgIpc) is 3.13. The Hall–Kier alpha value is -3.28. The van der Waals surface area contributed by atoms with Crippen LogP contribution in [0.2, 0.25) is 0 Å². The maximum Gasteiger partial charge on any atom is 0.416 e. The van der Waals surface area contributed by atoms with E-state index in [9.17, 15) is 26.4 Å². The minimum atomic E-state index is -4.59. The standard InChI is InChI=1S/C18H15F3N4O4S/c1-3-29-16(26)13-10-25(14-7-8-22-17(24-14)30(2,27)28)15(23-13)11-5-4-6-12(9-11)18(19,20)21/h4-10H,3H2,1-2H3. The molecule has 2 aromatic heterocycles. The summed E-state index contributed by atoms with van der Waals surface area (Å²) in [7, 11) is -3.75. The second-order valence-electron chi connectivity index (χ2n) is 6.09. The first-order valence-electron chi connectivity index (χ1n) is 8.48. The Morgan fingerprint density at radius 1 is 1.20 bits per heavy atom. The van der Waals surface area contributed by atoms with Crippen molar-refractivity contribution in [2.45, 2.75) is 18.3 Å². The van der Waals surface area contributed by atoms with Crippen molar-refractivity contribution in [2.24, 2.45) is 0 Å². The zero-order chi connectivity index (χ0) is 22.1. The summed E-state index contributed by atoms with van der Waals surface area (Å²) in [5, 5.41) is -0.485. The van der Waals surface area contributed by atoms with Crippen molar-refractivity contribution in [3.8, 4) is 17.2 Å². The minimum Gasteiger partial charge on any atom is -0.461 e. The van der Waals surface area contributed by atoms with Crippen LogP contribution in [-0.4, -0.2) is 46.8 Å². The van der Waals surface area contributed by atoms with Crippen molar-refractivity contribution in [1.29, 1.82) is 0 Å². The molecule has 0 bridgehead atoms. The Morgan fingerprint density at radius 2 is 1.93 bits per heavy atom. The van der Waals surface area contributed by atoms with Crippen molar-refractivity contribution < 1.29 is 31.1 Å². The number of benzene rings is 1. The number of carbonyl (C=O) groups is 1. The molecule has 158 valence electrons. The summed E-state index contributed by atoms with van der Waals surface area (Å²) in [4.78, 5) is 23.8. The smallest absolute Gasteiger partial charge is 0.416 e. The minimum absolute atomic E-state index is 0.000820. The van der Waals surface area contributed by atoms with Gasteiger partial charge >= 0.3 is 12.1 Å². The van der Waals surface area contributed by atoms with E-state index in [1.807, 2.05) is 0 Å². The molecule has 0 saturated heterocycles. The third-order valence-electron chi connectivity index (χ3n) is 3.84. The number of aromatic nitrogens is 4. The molecule has 0 saturated carbocycles. The van der Waals surface area contributed by atoms with Gasteiger partial charge in [0.25, 0.3) is 0 Å². The van der Waals surface area contributed by atoms with Gasteiger partial charge in [0.05, 0.1) is 12.2 Å². The molecule has 0 spiro atoms. The first-order chi connectivity index (χ1) is 14.0. The summed E-state index contributed by atoms with van der Waals surface area (Å²) in [6, 6.07) is 5.68. The van der Waals surface area contributed by atoms with Crippen molar-refractivity contribution in [3.05, 3.63) is 54.0 Å². The summed E-state index contributed by atoms with van der Waals surface area (Å²) in [6.45, 7) is 1.65. The first kappa shape index (κ1) is 21.4. The van der Waals surface area contributed by atoms with Crippen LogP contribution in [0.1, 0.15) is 23.0 Å². The number of sulfone groups is 1. The van der Waals surface area contributed by atoms with Crippen molar-refractivity contribution in [2.75, 3.05) is 12.9 Å². The second kappa shape index (κ2) is 7.86. The zero-order valence-corrected chi connectivity index (χ0v) is 16.5. The first-order valence-corrected chi connectivity index (χ1v) is 10.4. The molecule has 3 rings (SSSR count). The van der Waals surface area contributed by atoms with E-state index in [-0.39, 0.29) is 29.5 Å². The van der Waals surface area contributed by atoms with Gasteiger partial charge in [0.1, 0.15) is 11.6 Å². The monoisotopic (exact) mass is 440 g/mol. The van der Waals surface area contributed by atoms with Crippen LogP contribution >= 0.6 is 0 Å². The van der Waals surface area contributed by atoms with Gasteiger partial charge in [-0.15, -0.1) is 0 Å². The Balaban J connectivity index is 2.22. The van der Waals surface area contributed by atoms with Crippen LogP contribution in [0.3, 0.4) is 0 Å². The maximum atomic E-state index is 13.1. The fourth-order valence-electron chi connectivity index (χ4n) is 2.54. The summed E-state index contributed by atoms with van der Waals surface area (Å²) in [5.41, 5.74) is -1.05. The molecule has 0 aliphatic heterocycles. The predicted octanol–water partition coefficient (Wildman–Crippen LogP) is 2.93. The van der Waals surface area contributed by atoms with Gasteiger partial charge in [-0.05, 0) is 25.1 Å². The average molecular weight is 440 g/mol. The maximum absolute atomic E-state index is 13.1. The van der Waals surface area contributed by atoms with Gasteiger partial charge in [-0.1, -0.05) is 12.1 Å². The van der Waals surface area contributed by atoms with Gasteiger partial charge in [0.2, 0.25) is 15.0 Å². The number of imidazole rings is 1. The molecule has 0 aliphatic carbocycles. The van der Waals surface area contributed by atoms with Crippen molar-refractivity contribution >= 4 is 15.8 Å². The topological polar surface area (TPSA) is 104 Å². The third kappa shape index (κ3) is 4.48. The number of esters is 1. The fraction of sp³-hybridized carbons (Fsp3) is 0.222. The Labute approximate surface area is 169 Å². The lowest BCUT2D eigenvalue weighted by Crippen LogP contribution is -2.08. The molecule has 0 aliphatic rings. The van der Waals surface area contributed by atoms with E-state index in [4.69, 9.17) is 4.74 Å².